The van der Waals surface area contributed by atoms with Gasteiger partial charge in [-0.15, -0.1) is 0 Å². The van der Waals surface area contributed by atoms with Crippen molar-refractivity contribution in [2.24, 2.45) is 16.8 Å². The first-order valence-electron chi connectivity index (χ1n) is 5.75. The maximum absolute atomic E-state index is 4.48. The van der Waals surface area contributed by atoms with Gasteiger partial charge in [-0.2, -0.15) is 0 Å². The van der Waals surface area contributed by atoms with Crippen molar-refractivity contribution < 1.29 is 0 Å². The van der Waals surface area contributed by atoms with E-state index in [-0.39, 0.29) is 0 Å². The van der Waals surface area contributed by atoms with E-state index in [1.165, 1.54) is 36.6 Å². The Balaban J connectivity index is 1.69. The summed E-state index contributed by atoms with van der Waals surface area (Å²) in [5.41, 5.74) is 0. The van der Waals surface area contributed by atoms with Crippen LogP contribution in [0.5, 0.6) is 0 Å². The minimum Gasteiger partial charge on any atom is -0.365 e. The largest absolute Gasteiger partial charge is 0.365 e. The third-order valence-electron chi connectivity index (χ3n) is 3.14. The van der Waals surface area contributed by atoms with Crippen LogP contribution in [0.3, 0.4) is 0 Å². The van der Waals surface area contributed by atoms with E-state index in [4.69, 9.17) is 0 Å². The summed E-state index contributed by atoms with van der Waals surface area (Å²) in [6.45, 7) is 4.54. The van der Waals surface area contributed by atoms with Crippen LogP contribution in [-0.2, 0) is 0 Å². The second-order valence-corrected chi connectivity index (χ2v) is 5.64. The summed E-state index contributed by atoms with van der Waals surface area (Å²) in [4.78, 5) is 4.48. The number of nitrogens with zero attached hydrogens (tertiary/aromatic N) is 1. The van der Waals surface area contributed by atoms with Crippen molar-refractivity contribution in [1.82, 2.24) is 5.32 Å². The zero-order valence-electron chi connectivity index (χ0n) is 8.96. The molecular formula is C11H20N2S. The van der Waals surface area contributed by atoms with Crippen molar-refractivity contribution >= 4 is 16.9 Å². The summed E-state index contributed by atoms with van der Waals surface area (Å²) in [5.74, 6) is 3.09. The Morgan fingerprint density at radius 1 is 1.50 bits per heavy atom. The molecule has 80 valence electrons. The van der Waals surface area contributed by atoms with Gasteiger partial charge in [0, 0.05) is 18.8 Å². The van der Waals surface area contributed by atoms with Gasteiger partial charge in [0.2, 0.25) is 0 Å². The molecule has 0 aromatic rings. The highest BCUT2D eigenvalue weighted by atomic mass is 32.2. The SMILES string of the molecule is CC1CCC(CNC2=NCCCS2)C1. The summed E-state index contributed by atoms with van der Waals surface area (Å²) in [6.07, 6.45) is 5.49. The maximum atomic E-state index is 4.48. The van der Waals surface area contributed by atoms with Gasteiger partial charge in [0.15, 0.2) is 5.17 Å². The lowest BCUT2D eigenvalue weighted by atomic mass is 10.1. The molecule has 0 aromatic heterocycles. The lowest BCUT2D eigenvalue weighted by Gasteiger charge is -2.16. The second kappa shape index (κ2) is 5.06. The Labute approximate surface area is 90.9 Å². The maximum Gasteiger partial charge on any atom is 0.156 e. The highest BCUT2D eigenvalue weighted by Gasteiger charge is 2.21. The molecule has 2 nitrogen and oxygen atoms in total. The zero-order valence-corrected chi connectivity index (χ0v) is 9.78. The minimum atomic E-state index is 0.898. The highest BCUT2D eigenvalue weighted by Crippen LogP contribution is 2.29. The van der Waals surface area contributed by atoms with Crippen molar-refractivity contribution in [3.63, 3.8) is 0 Å². The van der Waals surface area contributed by atoms with Crippen LogP contribution < -0.4 is 5.32 Å². The molecule has 2 atom stereocenters. The molecule has 1 fully saturated rings. The van der Waals surface area contributed by atoms with Gasteiger partial charge in [-0.05, 0) is 31.1 Å². The van der Waals surface area contributed by atoms with Crippen molar-refractivity contribution in [1.29, 1.82) is 0 Å². The number of aliphatic imine (C=N–C) groups is 1. The molecular weight excluding hydrogens is 192 g/mol. The fraction of sp³-hybridized carbons (Fsp3) is 0.909. The van der Waals surface area contributed by atoms with Crippen LogP contribution in [-0.4, -0.2) is 24.0 Å². The van der Waals surface area contributed by atoms with E-state index in [0.29, 0.717) is 0 Å². The van der Waals surface area contributed by atoms with Crippen LogP contribution in [0.25, 0.3) is 0 Å². The molecule has 1 aliphatic heterocycles. The van der Waals surface area contributed by atoms with E-state index in [1.54, 1.807) is 0 Å². The first kappa shape index (κ1) is 10.3. The van der Waals surface area contributed by atoms with E-state index in [2.05, 4.69) is 17.2 Å². The van der Waals surface area contributed by atoms with Crippen LogP contribution in [0, 0.1) is 11.8 Å². The molecule has 1 aliphatic carbocycles. The first-order valence-corrected chi connectivity index (χ1v) is 6.74. The molecule has 2 aliphatic rings. The smallest absolute Gasteiger partial charge is 0.156 e. The molecule has 1 heterocycles. The summed E-state index contributed by atoms with van der Waals surface area (Å²) >= 11 is 1.89. The van der Waals surface area contributed by atoms with E-state index in [9.17, 15) is 0 Å². The van der Waals surface area contributed by atoms with E-state index < -0.39 is 0 Å². The van der Waals surface area contributed by atoms with Crippen LogP contribution in [0.15, 0.2) is 4.99 Å². The van der Waals surface area contributed by atoms with Crippen molar-refractivity contribution in [2.75, 3.05) is 18.8 Å². The topological polar surface area (TPSA) is 24.4 Å². The fourth-order valence-electron chi connectivity index (χ4n) is 2.31. The minimum absolute atomic E-state index is 0.898. The summed E-state index contributed by atoms with van der Waals surface area (Å²) in [7, 11) is 0. The van der Waals surface area contributed by atoms with Gasteiger partial charge in [-0.3, -0.25) is 4.99 Å². The Bertz CT molecular complexity index is 215. The summed E-state index contributed by atoms with van der Waals surface area (Å²) < 4.78 is 0. The lowest BCUT2D eigenvalue weighted by molar-refractivity contribution is 0.507. The number of hydrogen-bond acceptors (Lipinski definition) is 3. The number of thioether (sulfide) groups is 1. The van der Waals surface area contributed by atoms with Crippen molar-refractivity contribution in [3.8, 4) is 0 Å². The Morgan fingerprint density at radius 2 is 2.43 bits per heavy atom. The standard InChI is InChI=1S/C11H20N2S/c1-9-3-4-10(7-9)8-13-11-12-5-2-6-14-11/h9-10H,2-8H2,1H3,(H,12,13). The quantitative estimate of drug-likeness (QED) is 0.760. The van der Waals surface area contributed by atoms with Gasteiger partial charge in [-0.1, -0.05) is 25.1 Å². The van der Waals surface area contributed by atoms with E-state index in [1.807, 2.05) is 11.8 Å². The fourth-order valence-corrected chi connectivity index (χ4v) is 3.14. The van der Waals surface area contributed by atoms with Gasteiger partial charge in [0.1, 0.15) is 0 Å². The summed E-state index contributed by atoms with van der Waals surface area (Å²) in [5, 5.41) is 4.69. The molecule has 0 amide bonds. The second-order valence-electron chi connectivity index (χ2n) is 4.55. The molecule has 0 aromatic carbocycles. The molecule has 3 heteroatoms. The number of amidine groups is 1. The van der Waals surface area contributed by atoms with Crippen LogP contribution in [0.2, 0.25) is 0 Å². The van der Waals surface area contributed by atoms with Gasteiger partial charge >= 0.3 is 0 Å². The number of hydrogen-bond donors (Lipinski definition) is 1. The lowest BCUT2D eigenvalue weighted by Crippen LogP contribution is -2.28. The predicted octanol–water partition coefficient (Wildman–Crippen LogP) is 2.51. The Hall–Kier alpha value is -0.180. The molecule has 14 heavy (non-hydrogen) atoms. The monoisotopic (exact) mass is 212 g/mol. The van der Waals surface area contributed by atoms with E-state index >= 15 is 0 Å². The molecule has 0 bridgehead atoms. The van der Waals surface area contributed by atoms with Gasteiger partial charge in [-0.25, -0.2) is 0 Å². The molecule has 0 spiro atoms. The van der Waals surface area contributed by atoms with Crippen molar-refractivity contribution in [2.45, 2.75) is 32.6 Å². The average molecular weight is 212 g/mol. The number of rotatable bonds is 2. The van der Waals surface area contributed by atoms with Crippen LogP contribution in [0.4, 0.5) is 0 Å². The van der Waals surface area contributed by atoms with Crippen LogP contribution in [0.1, 0.15) is 32.6 Å². The van der Waals surface area contributed by atoms with Crippen molar-refractivity contribution in [3.05, 3.63) is 0 Å². The molecule has 1 saturated carbocycles. The highest BCUT2D eigenvalue weighted by molar-refractivity contribution is 8.13. The molecule has 0 radical (unpaired) electrons. The Kier molecular flexibility index (Phi) is 3.74. The van der Waals surface area contributed by atoms with E-state index in [0.717, 1.165) is 24.9 Å². The molecule has 1 N–H and O–H groups in total. The molecule has 2 rings (SSSR count). The predicted molar refractivity (Wildman–Crippen MR) is 63.9 cm³/mol. The van der Waals surface area contributed by atoms with Gasteiger partial charge < -0.3 is 5.32 Å². The summed E-state index contributed by atoms with van der Waals surface area (Å²) in [6, 6.07) is 0. The van der Waals surface area contributed by atoms with Gasteiger partial charge in [0.05, 0.1) is 0 Å². The van der Waals surface area contributed by atoms with Gasteiger partial charge in [0.25, 0.3) is 0 Å². The zero-order chi connectivity index (χ0) is 9.80. The normalized spacial score (nSPS) is 32.8. The number of nitrogens with one attached hydrogen (secondary N) is 1. The third-order valence-corrected chi connectivity index (χ3v) is 4.18. The molecule has 0 saturated heterocycles. The third kappa shape index (κ3) is 2.91. The molecule has 2 unspecified atom stereocenters. The average Bonchev–Trinajstić information content (AvgIpc) is 2.63. The first-order chi connectivity index (χ1) is 6.84. The van der Waals surface area contributed by atoms with Crippen LogP contribution >= 0.6 is 11.8 Å². The Morgan fingerprint density at radius 3 is 3.07 bits per heavy atom.